The number of thiophene rings is 1. The minimum atomic E-state index is -1.42. The third-order valence-electron chi connectivity index (χ3n) is 4.47. The topological polar surface area (TPSA) is 116 Å². The Hall–Kier alpha value is -2.60. The molecule has 164 valence electrons. The molecular formula is C20H18F2N3NaO5S. The van der Waals surface area contributed by atoms with Crippen molar-refractivity contribution in [2.75, 3.05) is 7.05 Å². The second-order valence-electron chi connectivity index (χ2n) is 6.69. The normalized spacial score (nSPS) is 16.3. The quantitative estimate of drug-likeness (QED) is 0.388. The molecule has 3 amide bonds. The van der Waals surface area contributed by atoms with E-state index in [-0.39, 0.29) is 36.5 Å². The van der Waals surface area contributed by atoms with Gasteiger partial charge in [-0.25, -0.2) is 13.6 Å². The summed E-state index contributed by atoms with van der Waals surface area (Å²) in [7, 11) is 1.42. The van der Waals surface area contributed by atoms with Gasteiger partial charge in [0.25, 0.3) is 5.91 Å². The van der Waals surface area contributed by atoms with Crippen LogP contribution in [-0.2, 0) is 14.4 Å². The number of urea groups is 1. The van der Waals surface area contributed by atoms with Gasteiger partial charge in [0, 0.05) is 40.7 Å². The van der Waals surface area contributed by atoms with E-state index in [1.807, 2.05) is 0 Å². The van der Waals surface area contributed by atoms with Crippen LogP contribution in [0.25, 0.3) is 10.4 Å². The van der Waals surface area contributed by atoms with Crippen LogP contribution < -0.4 is 40.2 Å². The van der Waals surface area contributed by atoms with Crippen LogP contribution in [0.2, 0.25) is 0 Å². The van der Waals surface area contributed by atoms with E-state index >= 15 is 0 Å². The van der Waals surface area contributed by atoms with Gasteiger partial charge in [0.15, 0.2) is 11.8 Å². The SMILES string of the molecule is CN1C=CC(=O)C(NC(=O)NC(CC(=O)O)c2ccc(-c3ccc(F)cc3F)s2)C1=O.[H-].[Na+]. The molecule has 0 aliphatic carbocycles. The summed E-state index contributed by atoms with van der Waals surface area (Å²) < 4.78 is 27.2. The third-order valence-corrected chi connectivity index (χ3v) is 5.70. The number of carboxylic acid groups (broad SMARTS) is 1. The smallest absolute Gasteiger partial charge is 1.00 e. The first-order valence-electron chi connectivity index (χ1n) is 8.98. The van der Waals surface area contributed by atoms with Crippen LogP contribution in [0.1, 0.15) is 18.8 Å². The molecule has 1 aliphatic rings. The van der Waals surface area contributed by atoms with Crippen molar-refractivity contribution in [3.8, 4) is 10.4 Å². The number of halogens is 2. The van der Waals surface area contributed by atoms with Gasteiger partial charge in [-0.15, -0.1) is 11.3 Å². The van der Waals surface area contributed by atoms with Crippen LogP contribution in [0.15, 0.2) is 42.6 Å². The zero-order valence-electron chi connectivity index (χ0n) is 18.1. The number of hydrogen-bond acceptors (Lipinski definition) is 5. The molecule has 2 heterocycles. The minimum Gasteiger partial charge on any atom is -1.00 e. The van der Waals surface area contributed by atoms with E-state index in [0.29, 0.717) is 9.75 Å². The number of nitrogens with one attached hydrogen (secondary N) is 2. The Balaban J connectivity index is 0.00000272. The molecular weight excluding hydrogens is 455 g/mol. The fraction of sp³-hybridized carbons (Fsp3) is 0.200. The molecule has 0 bridgehead atoms. The van der Waals surface area contributed by atoms with E-state index in [2.05, 4.69) is 10.6 Å². The zero-order valence-corrected chi connectivity index (χ0v) is 19.9. The van der Waals surface area contributed by atoms with E-state index < -0.39 is 53.8 Å². The average Bonchev–Trinajstić information content (AvgIpc) is 3.17. The first-order chi connectivity index (χ1) is 14.7. The van der Waals surface area contributed by atoms with Crippen LogP contribution in [-0.4, -0.2) is 46.8 Å². The molecule has 2 atom stereocenters. The molecule has 12 heteroatoms. The minimum absolute atomic E-state index is 0. The molecule has 0 fully saturated rings. The van der Waals surface area contributed by atoms with Gasteiger partial charge in [0.05, 0.1) is 12.5 Å². The van der Waals surface area contributed by atoms with E-state index in [1.54, 1.807) is 0 Å². The number of ketones is 1. The van der Waals surface area contributed by atoms with Crippen LogP contribution in [0, 0.1) is 11.6 Å². The third kappa shape index (κ3) is 6.00. The first-order valence-corrected chi connectivity index (χ1v) is 9.80. The van der Waals surface area contributed by atoms with Crippen molar-refractivity contribution in [2.24, 2.45) is 0 Å². The van der Waals surface area contributed by atoms with Crippen molar-refractivity contribution in [1.29, 1.82) is 0 Å². The predicted molar refractivity (Wildman–Crippen MR) is 108 cm³/mol. The Morgan fingerprint density at radius 2 is 1.97 bits per heavy atom. The zero-order chi connectivity index (χ0) is 22.7. The van der Waals surface area contributed by atoms with E-state index in [0.717, 1.165) is 34.4 Å². The Morgan fingerprint density at radius 1 is 1.25 bits per heavy atom. The molecule has 0 radical (unpaired) electrons. The number of carbonyl (C=O) groups is 4. The second kappa shape index (κ2) is 10.8. The van der Waals surface area contributed by atoms with Gasteiger partial charge in [-0.1, -0.05) is 0 Å². The molecule has 2 aromatic rings. The maximum Gasteiger partial charge on any atom is 1.00 e. The summed E-state index contributed by atoms with van der Waals surface area (Å²) in [5, 5.41) is 13.9. The van der Waals surface area contributed by atoms with Crippen molar-refractivity contribution in [1.82, 2.24) is 15.5 Å². The first kappa shape index (κ1) is 25.7. The number of rotatable bonds is 6. The Labute approximate surface area is 209 Å². The molecule has 0 saturated heterocycles. The van der Waals surface area contributed by atoms with E-state index in [4.69, 9.17) is 0 Å². The molecule has 2 unspecified atom stereocenters. The number of carbonyl (C=O) groups excluding carboxylic acids is 3. The molecule has 0 saturated carbocycles. The number of amides is 3. The molecule has 0 spiro atoms. The molecule has 1 aliphatic heterocycles. The fourth-order valence-electron chi connectivity index (χ4n) is 2.92. The molecule has 3 rings (SSSR count). The number of benzene rings is 1. The van der Waals surface area contributed by atoms with Crippen LogP contribution in [0.3, 0.4) is 0 Å². The summed E-state index contributed by atoms with van der Waals surface area (Å²) in [6, 6.07) is 2.79. The number of nitrogens with zero attached hydrogens (tertiary/aromatic N) is 1. The van der Waals surface area contributed by atoms with Crippen molar-refractivity contribution >= 4 is 35.0 Å². The summed E-state index contributed by atoms with van der Waals surface area (Å²) >= 11 is 1.02. The van der Waals surface area contributed by atoms with Gasteiger partial charge in [-0.2, -0.15) is 0 Å². The molecule has 8 nitrogen and oxygen atoms in total. The Bertz CT molecular complexity index is 1100. The fourth-order valence-corrected chi connectivity index (χ4v) is 4.00. The van der Waals surface area contributed by atoms with Crippen molar-refractivity contribution in [3.63, 3.8) is 0 Å². The van der Waals surface area contributed by atoms with E-state index in [1.165, 1.54) is 31.4 Å². The largest absolute Gasteiger partial charge is 1.00 e. The van der Waals surface area contributed by atoms with Crippen LogP contribution in [0.5, 0.6) is 0 Å². The standard InChI is InChI=1S/C20H17F2N3O5S.Na.H/c1-25-7-6-14(26)18(19(25)29)24-20(30)23-13(9-17(27)28)16-5-4-15(31-16)11-3-2-10(21)8-12(11)22;;/h2-8,13,18H,9H2,1H3,(H,27,28)(H2,23,24,30);;/q;+1;-1. The van der Waals surface area contributed by atoms with Gasteiger partial charge in [0.1, 0.15) is 11.6 Å². The number of carboxylic acids is 1. The number of aliphatic carboxylic acids is 1. The molecule has 3 N–H and O–H groups in total. The monoisotopic (exact) mass is 473 g/mol. The molecule has 1 aromatic carbocycles. The number of likely N-dealkylation sites (N-methyl/N-ethyl adjacent to an activating group) is 1. The summed E-state index contributed by atoms with van der Waals surface area (Å²) in [4.78, 5) is 49.6. The van der Waals surface area contributed by atoms with Gasteiger partial charge < -0.3 is 22.1 Å². The molecule has 1 aromatic heterocycles. The van der Waals surface area contributed by atoms with Crippen molar-refractivity contribution < 1.29 is 64.0 Å². The summed E-state index contributed by atoms with van der Waals surface area (Å²) in [6.07, 6.45) is 1.92. The Kier molecular flexibility index (Phi) is 8.67. The van der Waals surface area contributed by atoms with Crippen LogP contribution in [0.4, 0.5) is 13.6 Å². The summed E-state index contributed by atoms with van der Waals surface area (Å²) in [5.74, 6) is -3.96. The second-order valence-corrected chi connectivity index (χ2v) is 7.81. The summed E-state index contributed by atoms with van der Waals surface area (Å²) in [6.45, 7) is 0. The van der Waals surface area contributed by atoms with E-state index in [9.17, 15) is 33.1 Å². The maximum atomic E-state index is 14.1. The van der Waals surface area contributed by atoms with Crippen molar-refractivity contribution in [3.05, 3.63) is 59.1 Å². The maximum absolute atomic E-state index is 14.1. The average molecular weight is 473 g/mol. The molecule has 32 heavy (non-hydrogen) atoms. The van der Waals surface area contributed by atoms with Gasteiger partial charge in [-0.05, 0) is 24.3 Å². The number of hydrogen-bond donors (Lipinski definition) is 3. The Morgan fingerprint density at radius 3 is 2.62 bits per heavy atom. The predicted octanol–water partition coefficient (Wildman–Crippen LogP) is -0.452. The van der Waals surface area contributed by atoms with Gasteiger partial charge in [0.2, 0.25) is 0 Å². The summed E-state index contributed by atoms with van der Waals surface area (Å²) in [5.41, 5.74) is 0.129. The van der Waals surface area contributed by atoms with Gasteiger partial charge >= 0.3 is 41.6 Å². The van der Waals surface area contributed by atoms with Crippen LogP contribution >= 0.6 is 11.3 Å². The van der Waals surface area contributed by atoms with Gasteiger partial charge in [-0.3, -0.25) is 14.4 Å². The van der Waals surface area contributed by atoms with Crippen molar-refractivity contribution in [2.45, 2.75) is 18.5 Å².